The zero-order valence-electron chi connectivity index (χ0n) is 23.5. The van der Waals surface area contributed by atoms with Gasteiger partial charge in [-0.2, -0.15) is 26.3 Å². The molecule has 0 saturated heterocycles. The Hall–Kier alpha value is -2.66. The number of rotatable bonds is 6. The molecule has 0 heterocycles. The van der Waals surface area contributed by atoms with Gasteiger partial charge in [0.2, 0.25) is 7.14 Å². The lowest BCUT2D eigenvalue weighted by atomic mass is 10.3. The third-order valence-electron chi connectivity index (χ3n) is 4.57. The molecule has 0 N–H and O–H groups in total. The highest BCUT2D eigenvalue weighted by molar-refractivity contribution is 7.86. The zero-order chi connectivity index (χ0) is 35.0. The predicted molar refractivity (Wildman–Crippen MR) is 145 cm³/mol. The van der Waals surface area contributed by atoms with E-state index in [4.69, 9.17) is 35.4 Å². The van der Waals surface area contributed by atoms with E-state index in [1.165, 1.54) is 14.3 Å². The number of hydrogen-bond donors (Lipinski definition) is 0. The molecule has 0 aliphatic rings. The standard InChI is InChI=1S/2C13H12IO.2CHF3O3S/c2*1-15-13-10-6-5-9-12(13)14-11-7-3-2-4-8-11;2*2-1(3,4)8(5,6)7/h2*2-10H,1H3;2*(H,5,6,7)/q2*+1;;/p-2. The van der Waals surface area contributed by atoms with Gasteiger partial charge in [-0.05, 0) is 48.5 Å². The summed E-state index contributed by atoms with van der Waals surface area (Å²) in [5, 5.41) is 0. The topological polar surface area (TPSA) is 133 Å². The summed E-state index contributed by atoms with van der Waals surface area (Å²) >= 11 is -0.249. The minimum atomic E-state index is -6.09. The third kappa shape index (κ3) is 15.8. The number of para-hydroxylation sites is 2. The van der Waals surface area contributed by atoms with Gasteiger partial charge >= 0.3 is 53.4 Å². The maximum atomic E-state index is 10.7. The van der Waals surface area contributed by atoms with Gasteiger partial charge in [0.05, 0.1) is 14.2 Å². The molecule has 4 aromatic rings. The summed E-state index contributed by atoms with van der Waals surface area (Å²) in [4.78, 5) is 0. The number of methoxy groups -OCH3 is 2. The average Bonchev–Trinajstić information content (AvgIpc) is 2.98. The second-order valence-electron chi connectivity index (χ2n) is 7.85. The van der Waals surface area contributed by atoms with Crippen LogP contribution in [0.25, 0.3) is 0 Å². The van der Waals surface area contributed by atoms with Gasteiger partial charge in [-0.1, -0.05) is 60.7 Å². The van der Waals surface area contributed by atoms with Crippen LogP contribution in [0.1, 0.15) is 0 Å². The molecule has 4 aromatic carbocycles. The Morgan fingerprint density at radius 3 is 0.978 bits per heavy atom. The molecular weight excluding hydrogens is 896 g/mol. The van der Waals surface area contributed by atoms with Crippen LogP contribution < -0.4 is 51.9 Å². The van der Waals surface area contributed by atoms with Crippen LogP contribution in [0.2, 0.25) is 0 Å². The van der Waals surface area contributed by atoms with Gasteiger partial charge in [-0.15, -0.1) is 0 Å². The molecule has 4 rings (SSSR count). The largest absolute Gasteiger partial charge is 0.741 e. The molecule has 252 valence electrons. The van der Waals surface area contributed by atoms with Crippen molar-refractivity contribution >= 4 is 20.2 Å². The molecule has 8 nitrogen and oxygen atoms in total. The van der Waals surface area contributed by atoms with Crippen molar-refractivity contribution in [3.63, 3.8) is 0 Å². The first-order valence-corrected chi connectivity index (χ1v) is 19.1. The van der Waals surface area contributed by atoms with E-state index in [-0.39, 0.29) is 42.4 Å². The minimum absolute atomic E-state index is 0.124. The number of alkyl halides is 6. The Balaban J connectivity index is 0.000000322. The predicted octanol–water partition coefficient (Wildman–Crippen LogP) is -0.250. The van der Waals surface area contributed by atoms with Crippen LogP contribution in [0.15, 0.2) is 109 Å². The van der Waals surface area contributed by atoms with Gasteiger partial charge in [-0.3, -0.25) is 0 Å². The summed E-state index contributed by atoms with van der Waals surface area (Å²) in [6.45, 7) is 0. The van der Waals surface area contributed by atoms with Gasteiger partial charge in [0.15, 0.2) is 38.9 Å². The van der Waals surface area contributed by atoms with Crippen LogP contribution in [-0.4, -0.2) is 51.2 Å². The van der Waals surface area contributed by atoms with Crippen LogP contribution in [-0.2, 0) is 20.2 Å². The van der Waals surface area contributed by atoms with E-state index < -0.39 is 31.3 Å². The van der Waals surface area contributed by atoms with Crippen LogP contribution in [0.3, 0.4) is 0 Å². The second-order valence-corrected chi connectivity index (χ2v) is 16.5. The Bertz CT molecular complexity index is 1560. The van der Waals surface area contributed by atoms with Crippen molar-refractivity contribution in [2.24, 2.45) is 0 Å². The van der Waals surface area contributed by atoms with E-state index in [1.54, 1.807) is 14.2 Å². The quantitative estimate of drug-likeness (QED) is 0.112. The lowest BCUT2D eigenvalue weighted by molar-refractivity contribution is -0.598. The fraction of sp³-hybridized carbons (Fsp3) is 0.143. The molecule has 0 aliphatic carbocycles. The maximum Gasteiger partial charge on any atom is 0.485 e. The SMILES string of the molecule is COc1ccccc1[I+]c1ccccc1.COc1ccccc1[I+]c1ccccc1.O=S(=O)([O-])C(F)(F)F.O=S(=O)([O-])C(F)(F)F. The number of halogens is 8. The Kier molecular flexibility index (Phi) is 17.3. The molecule has 18 heteroatoms. The van der Waals surface area contributed by atoms with Crippen molar-refractivity contribution in [3.8, 4) is 11.5 Å². The van der Waals surface area contributed by atoms with Gasteiger partial charge in [0, 0.05) is 0 Å². The molecule has 0 amide bonds. The Labute approximate surface area is 282 Å². The molecule has 46 heavy (non-hydrogen) atoms. The van der Waals surface area contributed by atoms with Crippen LogP contribution >= 0.6 is 0 Å². The van der Waals surface area contributed by atoms with Gasteiger partial charge in [-0.25, -0.2) is 16.8 Å². The van der Waals surface area contributed by atoms with Crippen molar-refractivity contribution in [1.29, 1.82) is 0 Å². The third-order valence-corrected chi connectivity index (χ3v) is 11.3. The molecule has 0 saturated carbocycles. The molecule has 0 unspecified atom stereocenters. The normalized spacial score (nSPS) is 11.3. The Morgan fingerprint density at radius 2 is 0.739 bits per heavy atom. The van der Waals surface area contributed by atoms with E-state index in [0.29, 0.717) is 0 Å². The van der Waals surface area contributed by atoms with Crippen molar-refractivity contribution in [2.45, 2.75) is 11.0 Å². The van der Waals surface area contributed by atoms with E-state index in [1.807, 2.05) is 24.3 Å². The molecule has 0 bridgehead atoms. The van der Waals surface area contributed by atoms with E-state index in [0.717, 1.165) is 11.5 Å². The summed E-state index contributed by atoms with van der Waals surface area (Å²) in [5.41, 5.74) is -11.3. The minimum Gasteiger partial charge on any atom is -0.741 e. The maximum absolute atomic E-state index is 10.7. The van der Waals surface area contributed by atoms with Crippen molar-refractivity contribution in [3.05, 3.63) is 123 Å². The summed E-state index contributed by atoms with van der Waals surface area (Å²) in [7, 11) is -8.72. The van der Waals surface area contributed by atoms with Crippen LogP contribution in [0.5, 0.6) is 11.5 Å². The van der Waals surface area contributed by atoms with Gasteiger partial charge < -0.3 is 18.6 Å². The Morgan fingerprint density at radius 1 is 0.500 bits per heavy atom. The number of ether oxygens (including phenoxy) is 2. The molecule has 0 spiro atoms. The van der Waals surface area contributed by atoms with Crippen molar-refractivity contribution < 1.29 is 104 Å². The highest BCUT2D eigenvalue weighted by Crippen LogP contribution is 2.21. The summed E-state index contributed by atoms with van der Waals surface area (Å²) in [5.74, 6) is 2.02. The molecule has 0 fully saturated rings. The smallest absolute Gasteiger partial charge is 0.485 e. The zero-order valence-corrected chi connectivity index (χ0v) is 29.4. The summed E-state index contributed by atoms with van der Waals surface area (Å²) in [6.07, 6.45) is 0. The monoisotopic (exact) mass is 920 g/mol. The van der Waals surface area contributed by atoms with Crippen LogP contribution in [0.4, 0.5) is 26.3 Å². The van der Waals surface area contributed by atoms with E-state index in [9.17, 15) is 26.3 Å². The van der Waals surface area contributed by atoms with Crippen molar-refractivity contribution in [2.75, 3.05) is 14.2 Å². The fourth-order valence-electron chi connectivity index (χ4n) is 2.57. The molecule has 0 atom stereocenters. The van der Waals surface area contributed by atoms with Gasteiger partial charge in [0.1, 0.15) is 0 Å². The first kappa shape index (κ1) is 41.4. The second kappa shape index (κ2) is 19.2. The molecule has 0 aromatic heterocycles. The summed E-state index contributed by atoms with van der Waals surface area (Å²) < 4.78 is 134. The highest BCUT2D eigenvalue weighted by atomic mass is 127. The summed E-state index contributed by atoms with van der Waals surface area (Å²) in [6, 6.07) is 37.7. The molecule has 0 aliphatic heterocycles. The van der Waals surface area contributed by atoms with E-state index >= 15 is 0 Å². The molecular formula is C28H24F6I2O8S2. The number of benzene rings is 4. The first-order chi connectivity index (χ1) is 21.3. The van der Waals surface area contributed by atoms with Crippen molar-refractivity contribution in [1.82, 2.24) is 0 Å². The van der Waals surface area contributed by atoms with E-state index in [2.05, 4.69) is 84.9 Å². The molecule has 0 radical (unpaired) electrons. The fourth-order valence-corrected chi connectivity index (χ4v) is 7.57. The van der Waals surface area contributed by atoms with Gasteiger partial charge in [0.25, 0.3) is 0 Å². The first-order valence-electron chi connectivity index (χ1n) is 12.0. The highest BCUT2D eigenvalue weighted by Gasteiger charge is 2.37. The lowest BCUT2D eigenvalue weighted by Crippen LogP contribution is -3.61. The van der Waals surface area contributed by atoms with Crippen LogP contribution in [0, 0.1) is 14.3 Å². The lowest BCUT2D eigenvalue weighted by Gasteiger charge is -2.08. The number of hydrogen-bond acceptors (Lipinski definition) is 8. The average molecular weight is 920 g/mol.